The smallest absolute Gasteiger partial charge is 0.410 e. The first-order valence-electron chi connectivity index (χ1n) is 6.83. The van der Waals surface area contributed by atoms with Gasteiger partial charge in [-0.05, 0) is 20.8 Å². The predicted molar refractivity (Wildman–Crippen MR) is 80.4 cm³/mol. The van der Waals surface area contributed by atoms with Gasteiger partial charge in [0, 0.05) is 18.4 Å². The lowest BCUT2D eigenvalue weighted by atomic mass is 10.0. The lowest BCUT2D eigenvalue weighted by Gasteiger charge is -2.33. The average Bonchev–Trinajstić information content (AvgIpc) is 2.95. The van der Waals surface area contributed by atoms with Gasteiger partial charge in [-0.3, -0.25) is 4.90 Å². The number of aromatic nitrogens is 2. The Hall–Kier alpha value is -1.60. The van der Waals surface area contributed by atoms with E-state index in [1.165, 1.54) is 0 Å². The molecule has 0 fully saturated rings. The maximum absolute atomic E-state index is 12.3. The summed E-state index contributed by atoms with van der Waals surface area (Å²) in [5.41, 5.74) is 4.27. The largest absolute Gasteiger partial charge is 0.444 e. The number of nitrogens with zero attached hydrogens (tertiary/aromatic N) is 2. The summed E-state index contributed by atoms with van der Waals surface area (Å²) in [6.07, 6.45) is -0.475. The van der Waals surface area contributed by atoms with Crippen molar-refractivity contribution in [2.24, 2.45) is 0 Å². The van der Waals surface area contributed by atoms with Gasteiger partial charge in [0.1, 0.15) is 17.4 Å². The molecule has 7 heteroatoms. The molecule has 2 aromatic heterocycles. The number of hydrogen-bond acceptors (Lipinski definition) is 5. The van der Waals surface area contributed by atoms with Crippen LogP contribution in [0.5, 0.6) is 0 Å². The molecule has 0 saturated carbocycles. The van der Waals surface area contributed by atoms with E-state index in [0.717, 1.165) is 21.6 Å². The van der Waals surface area contributed by atoms with Crippen LogP contribution in [0.3, 0.4) is 0 Å². The highest BCUT2D eigenvalue weighted by atomic mass is 32.1. The molecule has 0 radical (unpaired) electrons. The zero-order chi connectivity index (χ0) is 15.2. The Kier molecular flexibility index (Phi) is 3.41. The Balaban J connectivity index is 1.90. The number of rotatable bonds is 1. The number of amides is 1. The lowest BCUT2D eigenvalue weighted by Crippen LogP contribution is -2.41. The second kappa shape index (κ2) is 4.99. The van der Waals surface area contributed by atoms with Crippen LogP contribution in [0.4, 0.5) is 4.79 Å². The molecule has 1 atom stereocenters. The number of hydrogen-bond donors (Lipinski definition) is 1. The molecule has 3 rings (SSSR count). The van der Waals surface area contributed by atoms with Crippen LogP contribution in [0.2, 0.25) is 0 Å². The molecule has 21 heavy (non-hydrogen) atoms. The lowest BCUT2D eigenvalue weighted by molar-refractivity contribution is 0.000163. The fraction of sp³-hybridized carbons (Fsp3) is 0.571. The molecule has 0 saturated heterocycles. The van der Waals surface area contributed by atoms with Crippen molar-refractivity contribution >= 4 is 27.8 Å². The van der Waals surface area contributed by atoms with E-state index in [9.17, 15) is 4.79 Å². The summed E-state index contributed by atoms with van der Waals surface area (Å²) < 4.78 is 12.1. The van der Waals surface area contributed by atoms with Gasteiger partial charge in [-0.25, -0.2) is 9.78 Å². The molecular weight excluding hydrogens is 290 g/mol. The van der Waals surface area contributed by atoms with Crippen molar-refractivity contribution in [1.29, 1.82) is 0 Å². The van der Waals surface area contributed by atoms with Crippen molar-refractivity contribution in [2.45, 2.75) is 39.0 Å². The number of H-pyrrole nitrogens is 1. The SMILES string of the molecule is COC1CN(C(=O)OC(C)(C)C)Cc2[nH]c3ncsc3c21. The first-order valence-corrected chi connectivity index (χ1v) is 7.71. The van der Waals surface area contributed by atoms with Crippen molar-refractivity contribution in [3.05, 3.63) is 16.8 Å². The molecule has 1 aliphatic heterocycles. The zero-order valence-corrected chi connectivity index (χ0v) is 13.4. The van der Waals surface area contributed by atoms with E-state index in [0.29, 0.717) is 13.1 Å². The second-order valence-electron chi connectivity index (χ2n) is 6.13. The molecule has 1 amide bonds. The molecule has 3 heterocycles. The summed E-state index contributed by atoms with van der Waals surface area (Å²) in [5.74, 6) is 0. The summed E-state index contributed by atoms with van der Waals surface area (Å²) in [6, 6.07) is 0. The van der Waals surface area contributed by atoms with Gasteiger partial charge >= 0.3 is 6.09 Å². The van der Waals surface area contributed by atoms with Gasteiger partial charge in [0.25, 0.3) is 0 Å². The number of ether oxygens (including phenoxy) is 2. The van der Waals surface area contributed by atoms with Crippen LogP contribution in [-0.2, 0) is 16.0 Å². The van der Waals surface area contributed by atoms with E-state index < -0.39 is 5.60 Å². The number of methoxy groups -OCH3 is 1. The Morgan fingerprint density at radius 2 is 2.29 bits per heavy atom. The molecule has 0 bridgehead atoms. The number of thiazole rings is 1. The molecular formula is C14H19N3O3S. The number of nitrogens with one attached hydrogen (secondary N) is 1. The molecule has 6 nitrogen and oxygen atoms in total. The maximum Gasteiger partial charge on any atom is 0.410 e. The van der Waals surface area contributed by atoms with Gasteiger partial charge in [-0.1, -0.05) is 0 Å². The second-order valence-corrected chi connectivity index (χ2v) is 6.99. The minimum Gasteiger partial charge on any atom is -0.444 e. The van der Waals surface area contributed by atoms with Crippen molar-refractivity contribution in [3.63, 3.8) is 0 Å². The van der Waals surface area contributed by atoms with Gasteiger partial charge < -0.3 is 14.5 Å². The number of aromatic amines is 1. The minimum absolute atomic E-state index is 0.157. The quantitative estimate of drug-likeness (QED) is 0.879. The zero-order valence-electron chi connectivity index (χ0n) is 12.6. The fourth-order valence-electron chi connectivity index (χ4n) is 2.54. The van der Waals surface area contributed by atoms with Gasteiger partial charge in [0.15, 0.2) is 0 Å². The average molecular weight is 309 g/mol. The Morgan fingerprint density at radius 3 is 2.95 bits per heavy atom. The van der Waals surface area contributed by atoms with Gasteiger partial charge in [0.2, 0.25) is 0 Å². The van der Waals surface area contributed by atoms with E-state index in [1.807, 2.05) is 26.3 Å². The monoisotopic (exact) mass is 309 g/mol. The van der Waals surface area contributed by atoms with Crippen LogP contribution >= 0.6 is 11.3 Å². The number of carbonyl (C=O) groups excluding carboxylic acids is 1. The normalized spacial score (nSPS) is 18.9. The summed E-state index contributed by atoms with van der Waals surface area (Å²) >= 11 is 1.59. The van der Waals surface area contributed by atoms with Crippen LogP contribution < -0.4 is 0 Å². The van der Waals surface area contributed by atoms with E-state index in [2.05, 4.69) is 9.97 Å². The van der Waals surface area contributed by atoms with Crippen LogP contribution in [0.15, 0.2) is 5.51 Å². The van der Waals surface area contributed by atoms with Crippen LogP contribution in [-0.4, -0.2) is 40.2 Å². The Bertz CT molecular complexity index is 671. The molecule has 0 spiro atoms. The van der Waals surface area contributed by atoms with Crippen molar-refractivity contribution in [2.75, 3.05) is 13.7 Å². The van der Waals surface area contributed by atoms with Crippen molar-refractivity contribution in [1.82, 2.24) is 14.9 Å². The highest BCUT2D eigenvalue weighted by molar-refractivity contribution is 7.16. The maximum atomic E-state index is 12.3. The molecule has 0 aliphatic carbocycles. The van der Waals surface area contributed by atoms with E-state index in [-0.39, 0.29) is 12.2 Å². The Morgan fingerprint density at radius 1 is 1.52 bits per heavy atom. The standard InChI is InChI=1S/C14H19N3O3S/c1-14(2,3)20-13(18)17-5-8-10(9(6-17)19-4)11-12(16-8)15-7-21-11/h7,9,16H,5-6H2,1-4H3. The van der Waals surface area contributed by atoms with Gasteiger partial charge in [-0.2, -0.15) is 0 Å². The van der Waals surface area contributed by atoms with Crippen LogP contribution in [0.25, 0.3) is 10.3 Å². The van der Waals surface area contributed by atoms with Crippen molar-refractivity contribution < 1.29 is 14.3 Å². The molecule has 0 aromatic carbocycles. The van der Waals surface area contributed by atoms with Crippen LogP contribution in [0, 0.1) is 0 Å². The highest BCUT2D eigenvalue weighted by Gasteiger charge is 2.34. The summed E-state index contributed by atoms with van der Waals surface area (Å²) in [4.78, 5) is 21.5. The van der Waals surface area contributed by atoms with E-state index in [4.69, 9.17) is 9.47 Å². The number of carbonyl (C=O) groups is 1. The third-order valence-corrected chi connectivity index (χ3v) is 4.26. The topological polar surface area (TPSA) is 67.4 Å². The van der Waals surface area contributed by atoms with E-state index >= 15 is 0 Å². The molecule has 114 valence electrons. The number of fused-ring (bicyclic) bond motifs is 3. The third-order valence-electron chi connectivity index (χ3n) is 3.40. The first kappa shape index (κ1) is 14.3. The fourth-order valence-corrected chi connectivity index (χ4v) is 3.40. The molecule has 2 aromatic rings. The summed E-state index contributed by atoms with van der Waals surface area (Å²) in [7, 11) is 1.66. The molecule has 1 unspecified atom stereocenters. The predicted octanol–water partition coefficient (Wildman–Crippen LogP) is 3.06. The van der Waals surface area contributed by atoms with Gasteiger partial charge in [0.05, 0.1) is 23.3 Å². The molecule has 1 aliphatic rings. The minimum atomic E-state index is -0.502. The summed E-state index contributed by atoms with van der Waals surface area (Å²) in [5, 5.41) is 0. The van der Waals surface area contributed by atoms with Crippen molar-refractivity contribution in [3.8, 4) is 0 Å². The summed E-state index contributed by atoms with van der Waals surface area (Å²) in [6.45, 7) is 6.57. The molecule has 1 N–H and O–H groups in total. The third kappa shape index (κ3) is 2.63. The highest BCUT2D eigenvalue weighted by Crippen LogP contribution is 2.37. The van der Waals surface area contributed by atoms with Crippen LogP contribution in [0.1, 0.15) is 38.1 Å². The first-order chi connectivity index (χ1) is 9.89. The van der Waals surface area contributed by atoms with E-state index in [1.54, 1.807) is 23.3 Å². The van der Waals surface area contributed by atoms with Gasteiger partial charge in [-0.15, -0.1) is 11.3 Å². The Labute approximate surface area is 127 Å².